The van der Waals surface area contributed by atoms with E-state index in [-0.39, 0.29) is 17.8 Å². The first-order valence-corrected chi connectivity index (χ1v) is 11.5. The fourth-order valence-electron chi connectivity index (χ4n) is 5.38. The number of nitrogens with zero attached hydrogens (tertiary/aromatic N) is 5. The van der Waals surface area contributed by atoms with Gasteiger partial charge in [-0.15, -0.1) is 0 Å². The molecule has 1 aliphatic carbocycles. The number of benzene rings is 1. The van der Waals surface area contributed by atoms with Gasteiger partial charge in [-0.25, -0.2) is 4.79 Å². The third-order valence-electron chi connectivity index (χ3n) is 6.91. The Labute approximate surface area is 181 Å². The lowest BCUT2D eigenvalue weighted by atomic mass is 9.93. The molecule has 1 unspecified atom stereocenters. The summed E-state index contributed by atoms with van der Waals surface area (Å²) in [5, 5.41) is 0. The summed E-state index contributed by atoms with van der Waals surface area (Å²) >= 11 is 0. The SMILES string of the molecule is Cc1cccc(Cn2c(=O)c3c(nc4n3CC(C)CN4C3CCCCC3)n(C)c2=O)c1. The van der Waals surface area contributed by atoms with Gasteiger partial charge in [-0.3, -0.25) is 13.9 Å². The van der Waals surface area contributed by atoms with Crippen LogP contribution in [0, 0.1) is 12.8 Å². The standard InChI is InChI=1S/C24H31N5O2/c1-16-8-7-9-18(12-16)15-29-22(30)20-21(26(3)24(29)31)25-23-27(13-17(2)14-28(20)23)19-10-5-4-6-11-19/h7-9,12,17,19H,4-6,10-11,13-15H2,1-3H3. The van der Waals surface area contributed by atoms with Crippen LogP contribution in [0.25, 0.3) is 11.2 Å². The highest BCUT2D eigenvalue weighted by molar-refractivity contribution is 5.75. The van der Waals surface area contributed by atoms with Gasteiger partial charge >= 0.3 is 5.69 Å². The molecule has 2 aliphatic rings. The second-order valence-corrected chi connectivity index (χ2v) is 9.47. The smallest absolute Gasteiger partial charge is 0.332 e. The topological polar surface area (TPSA) is 65.1 Å². The van der Waals surface area contributed by atoms with Gasteiger partial charge in [0.25, 0.3) is 5.56 Å². The molecule has 7 nitrogen and oxygen atoms in total. The first-order chi connectivity index (χ1) is 14.9. The first-order valence-electron chi connectivity index (χ1n) is 11.5. The lowest BCUT2D eigenvalue weighted by Crippen LogP contribution is -2.45. The molecule has 1 aliphatic heterocycles. The molecule has 31 heavy (non-hydrogen) atoms. The number of rotatable bonds is 3. The molecule has 164 valence electrons. The normalized spacial score (nSPS) is 19.7. The van der Waals surface area contributed by atoms with Crippen LogP contribution in [-0.4, -0.2) is 31.3 Å². The number of aromatic nitrogens is 4. The molecule has 7 heteroatoms. The zero-order valence-corrected chi connectivity index (χ0v) is 18.7. The van der Waals surface area contributed by atoms with Crippen LogP contribution in [0.2, 0.25) is 0 Å². The van der Waals surface area contributed by atoms with Crippen molar-refractivity contribution >= 4 is 17.1 Å². The summed E-state index contributed by atoms with van der Waals surface area (Å²) in [4.78, 5) is 34.0. The van der Waals surface area contributed by atoms with Crippen molar-refractivity contribution in [3.05, 3.63) is 56.2 Å². The molecule has 0 N–H and O–H groups in total. The Morgan fingerprint density at radius 1 is 1.10 bits per heavy atom. The van der Waals surface area contributed by atoms with Crippen molar-refractivity contribution < 1.29 is 0 Å². The fourth-order valence-corrected chi connectivity index (χ4v) is 5.38. The molecule has 1 atom stereocenters. The van der Waals surface area contributed by atoms with Gasteiger partial charge in [0.2, 0.25) is 5.95 Å². The minimum absolute atomic E-state index is 0.240. The van der Waals surface area contributed by atoms with Crippen LogP contribution in [0.3, 0.4) is 0 Å². The molecule has 3 heterocycles. The van der Waals surface area contributed by atoms with Crippen LogP contribution < -0.4 is 16.1 Å². The average molecular weight is 422 g/mol. The summed E-state index contributed by atoms with van der Waals surface area (Å²) in [6, 6.07) is 8.43. The number of aryl methyl sites for hydroxylation is 2. The van der Waals surface area contributed by atoms with Crippen LogP contribution in [0.4, 0.5) is 5.95 Å². The van der Waals surface area contributed by atoms with E-state index < -0.39 is 0 Å². The van der Waals surface area contributed by atoms with Gasteiger partial charge in [0, 0.05) is 26.2 Å². The van der Waals surface area contributed by atoms with Crippen molar-refractivity contribution in [2.24, 2.45) is 13.0 Å². The monoisotopic (exact) mass is 421 g/mol. The Balaban J connectivity index is 1.67. The second-order valence-electron chi connectivity index (χ2n) is 9.47. The van der Waals surface area contributed by atoms with E-state index in [0.29, 0.717) is 23.1 Å². The predicted molar refractivity (Wildman–Crippen MR) is 123 cm³/mol. The van der Waals surface area contributed by atoms with Crippen LogP contribution in [0.1, 0.15) is 50.2 Å². The zero-order valence-electron chi connectivity index (χ0n) is 18.7. The molecule has 0 radical (unpaired) electrons. The molecule has 1 saturated carbocycles. The van der Waals surface area contributed by atoms with E-state index >= 15 is 0 Å². The van der Waals surface area contributed by atoms with E-state index in [0.717, 1.165) is 30.2 Å². The highest BCUT2D eigenvalue weighted by Crippen LogP contribution is 2.33. The molecule has 5 rings (SSSR count). The molecule has 3 aromatic rings. The zero-order chi connectivity index (χ0) is 21.7. The Hall–Kier alpha value is -2.83. The van der Waals surface area contributed by atoms with Crippen molar-refractivity contribution in [2.45, 2.75) is 65.1 Å². The molecule has 1 aromatic carbocycles. The van der Waals surface area contributed by atoms with Gasteiger partial charge in [-0.05, 0) is 31.2 Å². The molecule has 0 amide bonds. The summed E-state index contributed by atoms with van der Waals surface area (Å²) in [6.07, 6.45) is 6.14. The van der Waals surface area contributed by atoms with Gasteiger partial charge in [-0.2, -0.15) is 4.98 Å². The minimum atomic E-state index is -0.313. The summed E-state index contributed by atoms with van der Waals surface area (Å²) in [5.74, 6) is 1.29. The van der Waals surface area contributed by atoms with Crippen molar-refractivity contribution in [1.82, 2.24) is 18.7 Å². The molecule has 0 bridgehead atoms. The number of anilines is 1. The van der Waals surface area contributed by atoms with E-state index in [2.05, 4.69) is 16.4 Å². The largest absolute Gasteiger partial charge is 0.339 e. The average Bonchev–Trinajstić information content (AvgIpc) is 3.15. The lowest BCUT2D eigenvalue weighted by Gasteiger charge is -2.40. The molecular formula is C24H31N5O2. The van der Waals surface area contributed by atoms with Gasteiger partial charge in [-0.1, -0.05) is 56.0 Å². The molecule has 0 spiro atoms. The Morgan fingerprint density at radius 3 is 2.61 bits per heavy atom. The molecule has 0 saturated heterocycles. The fraction of sp³-hybridized carbons (Fsp3) is 0.542. The van der Waals surface area contributed by atoms with Gasteiger partial charge in [0.15, 0.2) is 11.2 Å². The first kappa shape index (κ1) is 20.1. The minimum Gasteiger partial charge on any atom is -0.339 e. The second kappa shape index (κ2) is 7.70. The van der Waals surface area contributed by atoms with E-state index in [1.807, 2.05) is 31.2 Å². The van der Waals surface area contributed by atoms with Crippen molar-refractivity contribution in [3.63, 3.8) is 0 Å². The van der Waals surface area contributed by atoms with Gasteiger partial charge in [0.1, 0.15) is 0 Å². The molecule has 2 aromatic heterocycles. The maximum Gasteiger partial charge on any atom is 0.332 e. The third kappa shape index (κ3) is 3.40. The summed E-state index contributed by atoms with van der Waals surface area (Å²) in [6.45, 7) is 6.23. The lowest BCUT2D eigenvalue weighted by molar-refractivity contribution is 0.354. The van der Waals surface area contributed by atoms with E-state index in [9.17, 15) is 9.59 Å². The quantitative estimate of drug-likeness (QED) is 0.652. The van der Waals surface area contributed by atoms with Gasteiger partial charge < -0.3 is 9.47 Å². The number of hydrogen-bond acceptors (Lipinski definition) is 4. The maximum atomic E-state index is 13.6. The molecular weight excluding hydrogens is 390 g/mol. The number of fused-ring (bicyclic) bond motifs is 3. The Morgan fingerprint density at radius 2 is 1.87 bits per heavy atom. The van der Waals surface area contributed by atoms with Crippen molar-refractivity contribution in [2.75, 3.05) is 11.4 Å². The van der Waals surface area contributed by atoms with Gasteiger partial charge in [0.05, 0.1) is 6.54 Å². The van der Waals surface area contributed by atoms with E-state index in [4.69, 9.17) is 4.98 Å². The van der Waals surface area contributed by atoms with E-state index in [1.165, 1.54) is 36.7 Å². The summed E-state index contributed by atoms with van der Waals surface area (Å²) < 4.78 is 4.98. The summed E-state index contributed by atoms with van der Waals surface area (Å²) in [5.41, 5.74) is 2.57. The third-order valence-corrected chi connectivity index (χ3v) is 6.91. The van der Waals surface area contributed by atoms with Crippen LogP contribution in [0.5, 0.6) is 0 Å². The number of hydrogen-bond donors (Lipinski definition) is 0. The van der Waals surface area contributed by atoms with Crippen molar-refractivity contribution in [3.8, 4) is 0 Å². The number of imidazole rings is 1. The highest BCUT2D eigenvalue weighted by Gasteiger charge is 2.33. The highest BCUT2D eigenvalue weighted by atomic mass is 16.2. The van der Waals surface area contributed by atoms with Crippen LogP contribution in [0.15, 0.2) is 33.9 Å². The Kier molecular flexibility index (Phi) is 4.99. The molecule has 1 fully saturated rings. The maximum absolute atomic E-state index is 13.6. The summed E-state index contributed by atoms with van der Waals surface area (Å²) in [7, 11) is 1.73. The van der Waals surface area contributed by atoms with Crippen molar-refractivity contribution in [1.29, 1.82) is 0 Å². The Bertz CT molecular complexity index is 1250. The van der Waals surface area contributed by atoms with Crippen LogP contribution >= 0.6 is 0 Å². The van der Waals surface area contributed by atoms with Crippen LogP contribution in [-0.2, 0) is 20.1 Å². The predicted octanol–water partition coefficient (Wildman–Crippen LogP) is 3.04. The van der Waals surface area contributed by atoms with E-state index in [1.54, 1.807) is 11.6 Å².